The fourth-order valence-corrected chi connectivity index (χ4v) is 5.94. The number of piperazine rings is 1. The predicted octanol–water partition coefficient (Wildman–Crippen LogP) is 4.66. The Balaban J connectivity index is 1.40. The molecule has 0 spiro atoms. The summed E-state index contributed by atoms with van der Waals surface area (Å²) in [5.41, 5.74) is 9.75. The molecule has 1 saturated heterocycles. The molecule has 0 unspecified atom stereocenters. The molecule has 0 aromatic heterocycles. The molecule has 8 nitrogen and oxygen atoms in total. The highest BCUT2D eigenvalue weighted by Gasteiger charge is 2.43. The van der Waals surface area contributed by atoms with Gasteiger partial charge >= 0.3 is 0 Å². The summed E-state index contributed by atoms with van der Waals surface area (Å²) in [5.74, 6) is 0.620. The molecule has 210 valence electrons. The minimum atomic E-state index is -0.466. The number of methoxy groups -OCH3 is 2. The first-order valence-corrected chi connectivity index (χ1v) is 13.9. The van der Waals surface area contributed by atoms with Crippen LogP contribution in [0.3, 0.4) is 0 Å². The summed E-state index contributed by atoms with van der Waals surface area (Å²) >= 11 is 0. The molecular weight excluding hydrogens is 504 g/mol. The first-order chi connectivity index (χ1) is 19.5. The maximum Gasteiger partial charge on any atom is 0.264 e. The van der Waals surface area contributed by atoms with Crippen molar-refractivity contribution in [2.45, 2.75) is 31.8 Å². The van der Waals surface area contributed by atoms with Crippen LogP contribution in [-0.4, -0.2) is 68.6 Å². The van der Waals surface area contributed by atoms with Gasteiger partial charge in [0.1, 0.15) is 0 Å². The van der Waals surface area contributed by atoms with Crippen molar-refractivity contribution in [2.24, 2.45) is 5.73 Å². The Morgan fingerprint density at radius 3 is 2.23 bits per heavy atom. The summed E-state index contributed by atoms with van der Waals surface area (Å²) in [7, 11) is 3.16. The van der Waals surface area contributed by atoms with Crippen molar-refractivity contribution in [3.8, 4) is 11.5 Å². The summed E-state index contributed by atoms with van der Waals surface area (Å²) in [6.07, 6.45) is 1.23. The van der Waals surface area contributed by atoms with E-state index in [2.05, 4.69) is 41.0 Å². The van der Waals surface area contributed by atoms with Crippen molar-refractivity contribution in [3.63, 3.8) is 0 Å². The molecule has 2 atom stereocenters. The lowest BCUT2D eigenvalue weighted by Crippen LogP contribution is -2.47. The highest BCUT2D eigenvalue weighted by molar-refractivity contribution is 6.24. The van der Waals surface area contributed by atoms with Crippen LogP contribution in [-0.2, 0) is 0 Å². The molecule has 8 heteroatoms. The SMILES string of the molecule is COc1ccc([C@@H](CCCN)N2C(=O)c3cccc(N4CCN([C@H](C)c5ccccc5)CC4)c3C2=O)cc1OC. The third-order valence-corrected chi connectivity index (χ3v) is 8.19. The van der Waals surface area contributed by atoms with Crippen molar-refractivity contribution < 1.29 is 19.1 Å². The average molecular weight is 543 g/mol. The topological polar surface area (TPSA) is 88.3 Å². The number of nitrogens with zero attached hydrogens (tertiary/aromatic N) is 3. The minimum Gasteiger partial charge on any atom is -0.493 e. The fraction of sp³-hybridized carbons (Fsp3) is 0.375. The Hall–Kier alpha value is -3.88. The first-order valence-electron chi connectivity index (χ1n) is 13.9. The molecule has 2 aliphatic heterocycles. The van der Waals surface area contributed by atoms with Crippen LogP contribution in [0.4, 0.5) is 5.69 Å². The molecule has 1 fully saturated rings. The Morgan fingerprint density at radius 2 is 1.55 bits per heavy atom. The molecule has 0 aliphatic carbocycles. The number of imide groups is 1. The Morgan fingerprint density at radius 1 is 0.825 bits per heavy atom. The molecule has 0 bridgehead atoms. The predicted molar refractivity (Wildman–Crippen MR) is 156 cm³/mol. The Bertz CT molecular complexity index is 1350. The fourth-order valence-electron chi connectivity index (χ4n) is 5.94. The number of ether oxygens (including phenoxy) is 2. The largest absolute Gasteiger partial charge is 0.493 e. The lowest BCUT2D eigenvalue weighted by atomic mass is 9.99. The smallest absolute Gasteiger partial charge is 0.264 e. The number of nitrogens with two attached hydrogens (primary N) is 1. The molecule has 0 saturated carbocycles. The summed E-state index contributed by atoms with van der Waals surface area (Å²) in [6.45, 7) is 6.00. The highest BCUT2D eigenvalue weighted by atomic mass is 16.5. The number of hydrogen-bond donors (Lipinski definition) is 1. The van der Waals surface area contributed by atoms with Crippen molar-refractivity contribution >= 4 is 17.5 Å². The van der Waals surface area contributed by atoms with Crippen LogP contribution >= 0.6 is 0 Å². The molecule has 2 heterocycles. The van der Waals surface area contributed by atoms with Gasteiger partial charge < -0.3 is 20.1 Å². The average Bonchev–Trinajstić information content (AvgIpc) is 3.26. The van der Waals surface area contributed by atoms with E-state index in [1.165, 1.54) is 10.5 Å². The van der Waals surface area contributed by atoms with Crippen LogP contribution < -0.4 is 20.1 Å². The summed E-state index contributed by atoms with van der Waals surface area (Å²) in [5, 5.41) is 0. The van der Waals surface area contributed by atoms with E-state index in [0.29, 0.717) is 48.1 Å². The summed E-state index contributed by atoms with van der Waals surface area (Å²) in [4.78, 5) is 34.0. The van der Waals surface area contributed by atoms with E-state index in [4.69, 9.17) is 15.2 Å². The number of anilines is 1. The Labute approximate surface area is 236 Å². The molecule has 2 N–H and O–H groups in total. The van der Waals surface area contributed by atoms with Gasteiger partial charge in [0, 0.05) is 32.2 Å². The number of fused-ring (bicyclic) bond motifs is 1. The number of hydrogen-bond acceptors (Lipinski definition) is 7. The molecule has 0 radical (unpaired) electrons. The molecule has 40 heavy (non-hydrogen) atoms. The number of carbonyl (C=O) groups is 2. The summed E-state index contributed by atoms with van der Waals surface area (Å²) in [6, 6.07) is 21.5. The van der Waals surface area contributed by atoms with Crippen LogP contribution in [0, 0.1) is 0 Å². The highest BCUT2D eigenvalue weighted by Crippen LogP contribution is 2.40. The number of rotatable bonds is 10. The van der Waals surface area contributed by atoms with Gasteiger partial charge in [0.05, 0.1) is 37.1 Å². The first kappa shape index (κ1) is 27.7. The van der Waals surface area contributed by atoms with Gasteiger partial charge in [-0.15, -0.1) is 0 Å². The van der Waals surface area contributed by atoms with Gasteiger partial charge in [-0.3, -0.25) is 19.4 Å². The molecule has 3 aromatic carbocycles. The number of amides is 2. The van der Waals surface area contributed by atoms with Crippen LogP contribution in [0.2, 0.25) is 0 Å². The minimum absolute atomic E-state index is 0.257. The Kier molecular flexibility index (Phi) is 8.38. The number of benzene rings is 3. The van der Waals surface area contributed by atoms with E-state index < -0.39 is 6.04 Å². The molecule has 5 rings (SSSR count). The zero-order chi connectivity index (χ0) is 28.2. The maximum atomic E-state index is 14.1. The van der Waals surface area contributed by atoms with Crippen molar-refractivity contribution in [2.75, 3.05) is 51.8 Å². The van der Waals surface area contributed by atoms with Crippen LogP contribution in [0.25, 0.3) is 0 Å². The van der Waals surface area contributed by atoms with E-state index in [9.17, 15) is 9.59 Å². The van der Waals surface area contributed by atoms with Gasteiger partial charge in [0.25, 0.3) is 11.8 Å². The zero-order valence-corrected chi connectivity index (χ0v) is 23.5. The second kappa shape index (κ2) is 12.1. The maximum absolute atomic E-state index is 14.1. The van der Waals surface area contributed by atoms with E-state index in [-0.39, 0.29) is 11.8 Å². The van der Waals surface area contributed by atoms with Gasteiger partial charge in [-0.1, -0.05) is 42.5 Å². The van der Waals surface area contributed by atoms with Crippen LogP contribution in [0.5, 0.6) is 11.5 Å². The monoisotopic (exact) mass is 542 g/mol. The van der Waals surface area contributed by atoms with Gasteiger partial charge in [-0.05, 0) is 61.7 Å². The molecule has 3 aromatic rings. The second-order valence-corrected chi connectivity index (χ2v) is 10.4. The standard InChI is InChI=1S/C32H38N4O4/c1-22(23-9-5-4-6-10-23)34-17-19-35(20-18-34)27-12-7-11-25-30(27)32(38)36(31(25)37)26(13-8-16-33)24-14-15-28(39-2)29(21-24)40-3/h4-7,9-12,14-15,21-22,26H,8,13,16-20,33H2,1-3H3/t22-,26-/m1/s1. The number of carbonyl (C=O) groups excluding carboxylic acids is 2. The van der Waals surface area contributed by atoms with Crippen LogP contribution in [0.15, 0.2) is 66.7 Å². The van der Waals surface area contributed by atoms with Crippen molar-refractivity contribution in [3.05, 3.63) is 89.0 Å². The van der Waals surface area contributed by atoms with E-state index >= 15 is 0 Å². The van der Waals surface area contributed by atoms with Gasteiger partial charge in [0.15, 0.2) is 11.5 Å². The van der Waals surface area contributed by atoms with Gasteiger partial charge in [-0.2, -0.15) is 0 Å². The molecule has 2 amide bonds. The third-order valence-electron chi connectivity index (χ3n) is 8.19. The van der Waals surface area contributed by atoms with E-state index in [0.717, 1.165) is 37.4 Å². The van der Waals surface area contributed by atoms with Gasteiger partial charge in [-0.25, -0.2) is 0 Å². The lowest BCUT2D eigenvalue weighted by molar-refractivity contribution is 0.0572. The zero-order valence-electron chi connectivity index (χ0n) is 23.5. The van der Waals surface area contributed by atoms with Crippen LogP contribution in [0.1, 0.15) is 63.7 Å². The third kappa shape index (κ3) is 5.17. The quantitative estimate of drug-likeness (QED) is 0.373. The van der Waals surface area contributed by atoms with Crippen molar-refractivity contribution in [1.29, 1.82) is 0 Å². The second-order valence-electron chi connectivity index (χ2n) is 10.4. The van der Waals surface area contributed by atoms with Gasteiger partial charge in [0.2, 0.25) is 0 Å². The normalized spacial score (nSPS) is 17.1. The molecule has 2 aliphatic rings. The van der Waals surface area contributed by atoms with Crippen molar-refractivity contribution in [1.82, 2.24) is 9.80 Å². The lowest BCUT2D eigenvalue weighted by Gasteiger charge is -2.39. The van der Waals surface area contributed by atoms with E-state index in [1.54, 1.807) is 20.3 Å². The summed E-state index contributed by atoms with van der Waals surface area (Å²) < 4.78 is 10.9. The molecular formula is C32H38N4O4. The van der Waals surface area contributed by atoms with E-state index in [1.807, 2.05) is 36.4 Å².